The number of para-hydroxylation sites is 1. The van der Waals surface area contributed by atoms with Crippen molar-refractivity contribution >= 4 is 32.5 Å². The van der Waals surface area contributed by atoms with Gasteiger partial charge in [0.1, 0.15) is 10.3 Å². The number of aryl methyl sites for hydroxylation is 1. The van der Waals surface area contributed by atoms with E-state index in [1.165, 1.54) is 16.5 Å². The van der Waals surface area contributed by atoms with Crippen molar-refractivity contribution in [3.8, 4) is 0 Å². The van der Waals surface area contributed by atoms with E-state index in [-0.39, 0.29) is 0 Å². The van der Waals surface area contributed by atoms with Crippen LogP contribution in [0.1, 0.15) is 5.56 Å². The minimum Gasteiger partial charge on any atom is -0.298 e. The fourth-order valence-corrected chi connectivity index (χ4v) is 2.36. The molecule has 0 aliphatic carbocycles. The third-order valence-corrected chi connectivity index (χ3v) is 3.01. The van der Waals surface area contributed by atoms with E-state index >= 15 is 0 Å². The van der Waals surface area contributed by atoms with Crippen LogP contribution in [0.5, 0.6) is 0 Å². The van der Waals surface area contributed by atoms with Crippen molar-refractivity contribution in [1.82, 2.24) is 9.38 Å². The molecular weight excluding hydrogens is 252 g/mol. The monoisotopic (exact) mass is 260 g/mol. The van der Waals surface area contributed by atoms with Crippen molar-refractivity contribution in [2.45, 2.75) is 6.92 Å². The zero-order valence-corrected chi connectivity index (χ0v) is 9.82. The van der Waals surface area contributed by atoms with Gasteiger partial charge in [-0.1, -0.05) is 18.2 Å². The second kappa shape index (κ2) is 3.07. The van der Waals surface area contributed by atoms with Gasteiger partial charge in [-0.3, -0.25) is 4.40 Å². The van der Waals surface area contributed by atoms with E-state index in [2.05, 4.69) is 56.5 Å². The molecule has 3 heteroatoms. The summed E-state index contributed by atoms with van der Waals surface area (Å²) in [6.07, 6.45) is 2.00. The molecular formula is C12H9BrN2. The van der Waals surface area contributed by atoms with E-state index in [9.17, 15) is 0 Å². The number of hydrogen-bond donors (Lipinski definition) is 0. The summed E-state index contributed by atoms with van der Waals surface area (Å²) in [7, 11) is 0. The standard InChI is InChI=1S/C12H9BrN2/c1-8-3-2-4-9-5-6-11-14-10(13)7-15(11)12(8)9/h2-7H,1H3. The zero-order valence-electron chi connectivity index (χ0n) is 8.24. The van der Waals surface area contributed by atoms with Crippen molar-refractivity contribution in [3.05, 3.63) is 46.7 Å². The number of imidazole rings is 1. The first kappa shape index (κ1) is 8.92. The predicted molar refractivity (Wildman–Crippen MR) is 65.1 cm³/mol. The molecule has 0 saturated heterocycles. The van der Waals surface area contributed by atoms with Crippen LogP contribution in [0.4, 0.5) is 0 Å². The number of halogens is 1. The van der Waals surface area contributed by atoms with Crippen LogP contribution >= 0.6 is 15.9 Å². The Morgan fingerprint density at radius 3 is 2.93 bits per heavy atom. The van der Waals surface area contributed by atoms with E-state index < -0.39 is 0 Å². The molecule has 2 heterocycles. The third kappa shape index (κ3) is 1.27. The lowest BCUT2D eigenvalue weighted by molar-refractivity contribution is 1.24. The van der Waals surface area contributed by atoms with Gasteiger partial charge in [0.05, 0.1) is 5.52 Å². The summed E-state index contributed by atoms with van der Waals surface area (Å²) >= 11 is 3.40. The molecule has 0 radical (unpaired) electrons. The molecule has 0 fully saturated rings. The van der Waals surface area contributed by atoms with Crippen LogP contribution in [0.25, 0.3) is 16.6 Å². The fourth-order valence-electron chi connectivity index (χ4n) is 1.97. The molecule has 2 nitrogen and oxygen atoms in total. The maximum atomic E-state index is 4.38. The minimum atomic E-state index is 0.873. The van der Waals surface area contributed by atoms with Gasteiger partial charge in [-0.2, -0.15) is 0 Å². The van der Waals surface area contributed by atoms with Crippen LogP contribution in [0.2, 0.25) is 0 Å². The first-order valence-electron chi connectivity index (χ1n) is 4.78. The number of aromatic nitrogens is 2. The molecule has 3 aromatic rings. The van der Waals surface area contributed by atoms with Crippen molar-refractivity contribution < 1.29 is 0 Å². The largest absolute Gasteiger partial charge is 0.298 e. The smallest absolute Gasteiger partial charge is 0.138 e. The van der Waals surface area contributed by atoms with Gasteiger partial charge in [-0.05, 0) is 45.9 Å². The van der Waals surface area contributed by atoms with Gasteiger partial charge >= 0.3 is 0 Å². The molecule has 15 heavy (non-hydrogen) atoms. The number of nitrogens with zero attached hydrogens (tertiary/aromatic N) is 2. The van der Waals surface area contributed by atoms with Gasteiger partial charge in [-0.15, -0.1) is 0 Å². The summed E-state index contributed by atoms with van der Waals surface area (Å²) in [5, 5.41) is 1.24. The number of pyridine rings is 1. The van der Waals surface area contributed by atoms with Crippen LogP contribution in [0.3, 0.4) is 0 Å². The SMILES string of the molecule is Cc1cccc2ccc3nc(Br)cn3c12. The molecule has 74 valence electrons. The average Bonchev–Trinajstić information content (AvgIpc) is 2.58. The highest BCUT2D eigenvalue weighted by molar-refractivity contribution is 9.10. The van der Waals surface area contributed by atoms with Crippen molar-refractivity contribution in [3.63, 3.8) is 0 Å². The number of benzene rings is 1. The summed E-state index contributed by atoms with van der Waals surface area (Å²) in [5.41, 5.74) is 3.47. The maximum Gasteiger partial charge on any atom is 0.138 e. The quantitative estimate of drug-likeness (QED) is 0.604. The van der Waals surface area contributed by atoms with Crippen LogP contribution in [0, 0.1) is 6.92 Å². The molecule has 0 spiro atoms. The predicted octanol–water partition coefficient (Wildman–Crippen LogP) is 3.56. The highest BCUT2D eigenvalue weighted by atomic mass is 79.9. The minimum absolute atomic E-state index is 0.873. The first-order valence-corrected chi connectivity index (χ1v) is 5.58. The maximum absolute atomic E-state index is 4.38. The molecule has 2 aromatic heterocycles. The van der Waals surface area contributed by atoms with E-state index in [0.717, 1.165) is 10.3 Å². The van der Waals surface area contributed by atoms with E-state index in [0.29, 0.717) is 0 Å². The Labute approximate surface area is 95.7 Å². The zero-order chi connectivity index (χ0) is 10.4. The van der Waals surface area contributed by atoms with Gasteiger partial charge < -0.3 is 0 Å². The van der Waals surface area contributed by atoms with E-state index in [4.69, 9.17) is 0 Å². The van der Waals surface area contributed by atoms with Gasteiger partial charge in [-0.25, -0.2) is 4.98 Å². The van der Waals surface area contributed by atoms with Crippen molar-refractivity contribution in [2.24, 2.45) is 0 Å². The number of fused-ring (bicyclic) bond motifs is 3. The molecule has 1 aromatic carbocycles. The van der Waals surface area contributed by atoms with Gasteiger partial charge in [0, 0.05) is 6.20 Å². The van der Waals surface area contributed by atoms with Gasteiger partial charge in [0.15, 0.2) is 0 Å². The molecule has 0 aliphatic heterocycles. The lowest BCUT2D eigenvalue weighted by Crippen LogP contribution is -1.89. The Balaban J connectivity index is 2.62. The Morgan fingerprint density at radius 2 is 2.07 bits per heavy atom. The second-order valence-electron chi connectivity index (χ2n) is 3.64. The fraction of sp³-hybridized carbons (Fsp3) is 0.0833. The molecule has 0 aliphatic rings. The van der Waals surface area contributed by atoms with E-state index in [1.54, 1.807) is 0 Å². The molecule has 0 atom stereocenters. The molecule has 0 amide bonds. The topological polar surface area (TPSA) is 17.3 Å². The van der Waals surface area contributed by atoms with Crippen molar-refractivity contribution in [2.75, 3.05) is 0 Å². The van der Waals surface area contributed by atoms with Crippen LogP contribution in [0.15, 0.2) is 41.1 Å². The number of rotatable bonds is 0. The van der Waals surface area contributed by atoms with Crippen molar-refractivity contribution in [1.29, 1.82) is 0 Å². The van der Waals surface area contributed by atoms with E-state index in [1.807, 2.05) is 12.3 Å². The average molecular weight is 261 g/mol. The summed E-state index contributed by atoms with van der Waals surface area (Å²) < 4.78 is 2.99. The van der Waals surface area contributed by atoms with Gasteiger partial charge in [0.25, 0.3) is 0 Å². The summed E-state index contributed by atoms with van der Waals surface area (Å²) in [5.74, 6) is 0. The summed E-state index contributed by atoms with van der Waals surface area (Å²) in [6, 6.07) is 10.5. The summed E-state index contributed by atoms with van der Waals surface area (Å²) in [4.78, 5) is 4.38. The van der Waals surface area contributed by atoms with Crippen LogP contribution in [-0.2, 0) is 0 Å². The molecule has 0 unspecified atom stereocenters. The Morgan fingerprint density at radius 1 is 1.20 bits per heavy atom. The molecule has 0 bridgehead atoms. The molecule has 0 saturated carbocycles. The third-order valence-electron chi connectivity index (χ3n) is 2.63. The Hall–Kier alpha value is -1.35. The lowest BCUT2D eigenvalue weighted by atomic mass is 10.1. The normalized spacial score (nSPS) is 11.3. The first-order chi connectivity index (χ1) is 7.25. The number of hydrogen-bond acceptors (Lipinski definition) is 1. The van der Waals surface area contributed by atoms with Crippen LogP contribution in [-0.4, -0.2) is 9.38 Å². The highest BCUT2D eigenvalue weighted by Crippen LogP contribution is 2.22. The highest BCUT2D eigenvalue weighted by Gasteiger charge is 2.04. The molecule has 3 rings (SSSR count). The van der Waals surface area contributed by atoms with Gasteiger partial charge in [0.2, 0.25) is 0 Å². The Kier molecular flexibility index (Phi) is 1.83. The lowest BCUT2D eigenvalue weighted by Gasteiger charge is -2.04. The van der Waals surface area contributed by atoms with Crippen LogP contribution < -0.4 is 0 Å². The Bertz CT molecular complexity index is 655. The second-order valence-corrected chi connectivity index (χ2v) is 4.45. The molecule has 0 N–H and O–H groups in total. The summed E-state index contributed by atoms with van der Waals surface area (Å²) in [6.45, 7) is 2.12.